The Hall–Kier alpha value is -0.910. The Kier molecular flexibility index (Phi) is 2.70. The van der Waals surface area contributed by atoms with Crippen molar-refractivity contribution in [1.29, 1.82) is 0 Å². The topological polar surface area (TPSA) is 80.4 Å². The van der Waals surface area contributed by atoms with Crippen molar-refractivity contribution >= 4 is 10.0 Å². The van der Waals surface area contributed by atoms with Gasteiger partial charge in [-0.2, -0.15) is 0 Å². The fourth-order valence-corrected chi connectivity index (χ4v) is 1.62. The van der Waals surface area contributed by atoms with Crippen LogP contribution in [0.3, 0.4) is 0 Å². The van der Waals surface area contributed by atoms with Crippen LogP contribution in [0.1, 0.15) is 11.1 Å². The average Bonchev–Trinajstić information content (AvgIpc) is 2.02. The van der Waals surface area contributed by atoms with E-state index in [1.807, 2.05) is 0 Å². The van der Waals surface area contributed by atoms with E-state index >= 15 is 0 Å². The number of aliphatic hydroxyl groups excluding tert-OH is 1. The van der Waals surface area contributed by atoms with Crippen molar-refractivity contribution in [2.24, 2.45) is 5.14 Å². The highest BCUT2D eigenvalue weighted by Gasteiger charge is 2.08. The molecule has 0 aliphatic carbocycles. The zero-order valence-corrected chi connectivity index (χ0v) is 8.00. The third kappa shape index (κ3) is 2.27. The van der Waals surface area contributed by atoms with Gasteiger partial charge in [0.1, 0.15) is 0 Å². The molecule has 0 amide bonds. The van der Waals surface area contributed by atoms with E-state index in [1.54, 1.807) is 13.0 Å². The number of primary sulfonamides is 1. The maximum absolute atomic E-state index is 10.9. The van der Waals surface area contributed by atoms with Crippen LogP contribution in [-0.4, -0.2) is 13.5 Å². The quantitative estimate of drug-likeness (QED) is 0.714. The number of sulfonamides is 1. The molecule has 0 aliphatic heterocycles. The second-order valence-electron chi connectivity index (χ2n) is 2.79. The molecule has 5 heteroatoms. The van der Waals surface area contributed by atoms with Gasteiger partial charge in [-0.25, -0.2) is 13.6 Å². The van der Waals surface area contributed by atoms with Crippen molar-refractivity contribution in [1.82, 2.24) is 0 Å². The van der Waals surface area contributed by atoms with Gasteiger partial charge in [-0.05, 0) is 30.2 Å². The summed E-state index contributed by atoms with van der Waals surface area (Å²) in [7, 11) is -3.63. The van der Waals surface area contributed by atoms with Crippen LogP contribution < -0.4 is 5.14 Å². The van der Waals surface area contributed by atoms with Gasteiger partial charge in [-0.15, -0.1) is 0 Å². The monoisotopic (exact) mass is 201 g/mol. The molecule has 0 saturated carbocycles. The number of hydrogen-bond acceptors (Lipinski definition) is 3. The van der Waals surface area contributed by atoms with Gasteiger partial charge in [0.2, 0.25) is 10.0 Å². The Labute approximate surface area is 77.1 Å². The molecular formula is C8H11NO3S. The summed E-state index contributed by atoms with van der Waals surface area (Å²) in [6.07, 6.45) is 0. The lowest BCUT2D eigenvalue weighted by molar-refractivity contribution is 0.281. The largest absolute Gasteiger partial charge is 0.392 e. The normalized spacial score (nSPS) is 11.6. The molecule has 0 aliphatic rings. The fourth-order valence-electron chi connectivity index (χ4n) is 1.02. The van der Waals surface area contributed by atoms with Crippen LogP contribution in [0.15, 0.2) is 23.1 Å². The molecule has 13 heavy (non-hydrogen) atoms. The summed E-state index contributed by atoms with van der Waals surface area (Å²) in [6.45, 7) is 1.62. The second kappa shape index (κ2) is 3.45. The fraction of sp³-hybridized carbons (Fsp3) is 0.250. The van der Waals surface area contributed by atoms with E-state index in [1.165, 1.54) is 12.1 Å². The van der Waals surface area contributed by atoms with Crippen LogP contribution in [-0.2, 0) is 16.6 Å². The highest BCUT2D eigenvalue weighted by Crippen LogP contribution is 2.13. The van der Waals surface area contributed by atoms with Crippen molar-refractivity contribution in [2.45, 2.75) is 18.4 Å². The van der Waals surface area contributed by atoms with Crippen molar-refractivity contribution in [3.8, 4) is 0 Å². The van der Waals surface area contributed by atoms with E-state index in [9.17, 15) is 8.42 Å². The lowest BCUT2D eigenvalue weighted by Crippen LogP contribution is -2.12. The summed E-state index contributed by atoms with van der Waals surface area (Å²) in [5, 5.41) is 13.8. The number of benzene rings is 1. The highest BCUT2D eigenvalue weighted by molar-refractivity contribution is 7.89. The van der Waals surface area contributed by atoms with Crippen LogP contribution in [0.5, 0.6) is 0 Å². The molecule has 0 atom stereocenters. The van der Waals surface area contributed by atoms with Gasteiger partial charge in [-0.3, -0.25) is 0 Å². The predicted octanol–water partition coefficient (Wildman–Crippen LogP) is 0.135. The lowest BCUT2D eigenvalue weighted by Gasteiger charge is -2.04. The van der Waals surface area contributed by atoms with Crippen molar-refractivity contribution in [3.63, 3.8) is 0 Å². The number of hydrogen-bond donors (Lipinski definition) is 2. The summed E-state index contributed by atoms with van der Waals surface area (Å²) in [4.78, 5) is 0.0715. The molecule has 0 bridgehead atoms. The lowest BCUT2D eigenvalue weighted by atomic mass is 10.1. The maximum Gasteiger partial charge on any atom is 0.238 e. The van der Waals surface area contributed by atoms with Crippen molar-refractivity contribution in [2.75, 3.05) is 0 Å². The number of rotatable bonds is 2. The summed E-state index contributed by atoms with van der Waals surface area (Å²) in [5.41, 5.74) is 1.42. The van der Waals surface area contributed by atoms with Gasteiger partial charge in [-0.1, -0.05) is 6.07 Å². The molecule has 0 unspecified atom stereocenters. The minimum absolute atomic E-state index is 0.0715. The number of aryl methyl sites for hydroxylation is 1. The molecule has 3 N–H and O–H groups in total. The van der Waals surface area contributed by atoms with Crippen molar-refractivity contribution in [3.05, 3.63) is 29.3 Å². The van der Waals surface area contributed by atoms with Crippen LogP contribution >= 0.6 is 0 Å². The predicted molar refractivity (Wildman–Crippen MR) is 48.5 cm³/mol. The zero-order valence-electron chi connectivity index (χ0n) is 7.19. The molecule has 4 nitrogen and oxygen atoms in total. The molecular weight excluding hydrogens is 190 g/mol. The zero-order chi connectivity index (χ0) is 10.1. The highest BCUT2D eigenvalue weighted by atomic mass is 32.2. The Balaban J connectivity index is 3.26. The van der Waals surface area contributed by atoms with E-state index in [4.69, 9.17) is 10.2 Å². The maximum atomic E-state index is 10.9. The summed E-state index contributed by atoms with van der Waals surface area (Å²) < 4.78 is 21.8. The van der Waals surface area contributed by atoms with E-state index in [2.05, 4.69) is 0 Å². The van der Waals surface area contributed by atoms with Crippen LogP contribution in [0.2, 0.25) is 0 Å². The molecule has 0 heterocycles. The van der Waals surface area contributed by atoms with E-state index < -0.39 is 10.0 Å². The van der Waals surface area contributed by atoms with E-state index in [-0.39, 0.29) is 11.5 Å². The van der Waals surface area contributed by atoms with Gasteiger partial charge in [0.05, 0.1) is 11.5 Å². The number of aliphatic hydroxyl groups is 1. The smallest absolute Gasteiger partial charge is 0.238 e. The first-order valence-electron chi connectivity index (χ1n) is 3.68. The molecule has 1 aromatic carbocycles. The van der Waals surface area contributed by atoms with Gasteiger partial charge >= 0.3 is 0 Å². The minimum Gasteiger partial charge on any atom is -0.392 e. The van der Waals surface area contributed by atoms with E-state index in [0.717, 1.165) is 0 Å². The van der Waals surface area contributed by atoms with E-state index in [0.29, 0.717) is 11.1 Å². The first-order valence-corrected chi connectivity index (χ1v) is 5.23. The van der Waals surface area contributed by atoms with Crippen LogP contribution in [0.25, 0.3) is 0 Å². The first kappa shape index (κ1) is 10.2. The first-order chi connectivity index (χ1) is 5.95. The molecule has 0 radical (unpaired) electrons. The Morgan fingerprint density at radius 3 is 2.46 bits per heavy atom. The summed E-state index contributed by atoms with van der Waals surface area (Å²) in [5.74, 6) is 0. The van der Waals surface area contributed by atoms with Gasteiger partial charge in [0.15, 0.2) is 0 Å². The third-order valence-electron chi connectivity index (χ3n) is 1.81. The van der Waals surface area contributed by atoms with Crippen LogP contribution in [0.4, 0.5) is 0 Å². The Bertz CT molecular complexity index is 411. The third-order valence-corrected chi connectivity index (χ3v) is 2.72. The standard InChI is InChI=1S/C8H11NO3S/c1-6-4-8(13(9,11)12)3-2-7(6)5-10/h2-4,10H,5H2,1H3,(H2,9,11,12). The average molecular weight is 201 g/mol. The Morgan fingerprint density at radius 1 is 1.46 bits per heavy atom. The van der Waals surface area contributed by atoms with Crippen LogP contribution in [0, 0.1) is 6.92 Å². The molecule has 1 aromatic rings. The molecule has 72 valence electrons. The molecule has 1 rings (SSSR count). The SMILES string of the molecule is Cc1cc(S(N)(=O)=O)ccc1CO. The molecule has 0 spiro atoms. The number of nitrogens with two attached hydrogens (primary N) is 1. The summed E-state index contributed by atoms with van der Waals surface area (Å²) >= 11 is 0. The minimum atomic E-state index is -3.63. The summed E-state index contributed by atoms with van der Waals surface area (Å²) in [6, 6.07) is 4.38. The Morgan fingerprint density at radius 2 is 2.08 bits per heavy atom. The molecule has 0 saturated heterocycles. The molecule has 0 aromatic heterocycles. The second-order valence-corrected chi connectivity index (χ2v) is 4.35. The van der Waals surface area contributed by atoms with Crippen molar-refractivity contribution < 1.29 is 13.5 Å². The van der Waals surface area contributed by atoms with Gasteiger partial charge < -0.3 is 5.11 Å². The molecule has 0 fully saturated rings. The van der Waals surface area contributed by atoms with Gasteiger partial charge in [0.25, 0.3) is 0 Å². The van der Waals surface area contributed by atoms with Gasteiger partial charge in [0, 0.05) is 0 Å².